The standard InChI is InChI=1S/C14H27ClO2/c1-14(2,13(16)17)11-9-7-5-3-4-6-8-10-12-15/h3-12H2,1-2H3,(H,16,17). The van der Waals surface area contributed by atoms with Crippen molar-refractivity contribution < 1.29 is 9.90 Å². The Morgan fingerprint density at radius 1 is 0.941 bits per heavy atom. The number of carboxylic acids is 1. The molecule has 102 valence electrons. The Labute approximate surface area is 111 Å². The fraction of sp³-hybridized carbons (Fsp3) is 0.929. The van der Waals surface area contributed by atoms with Crippen LogP contribution in [-0.4, -0.2) is 17.0 Å². The molecular formula is C14H27ClO2. The summed E-state index contributed by atoms with van der Waals surface area (Å²) in [4.78, 5) is 10.9. The van der Waals surface area contributed by atoms with E-state index in [9.17, 15) is 4.79 Å². The van der Waals surface area contributed by atoms with E-state index in [0.717, 1.165) is 31.6 Å². The highest BCUT2D eigenvalue weighted by Gasteiger charge is 2.25. The molecule has 0 atom stereocenters. The first-order chi connectivity index (χ1) is 8.00. The van der Waals surface area contributed by atoms with Gasteiger partial charge in [-0.3, -0.25) is 4.79 Å². The number of halogens is 1. The van der Waals surface area contributed by atoms with E-state index in [4.69, 9.17) is 16.7 Å². The van der Waals surface area contributed by atoms with Crippen molar-refractivity contribution in [2.45, 2.75) is 71.6 Å². The van der Waals surface area contributed by atoms with Gasteiger partial charge >= 0.3 is 5.97 Å². The lowest BCUT2D eigenvalue weighted by Gasteiger charge is -2.18. The van der Waals surface area contributed by atoms with E-state index in [0.29, 0.717) is 0 Å². The predicted octanol–water partition coefficient (Wildman–Crippen LogP) is 4.85. The van der Waals surface area contributed by atoms with Gasteiger partial charge in [-0.25, -0.2) is 0 Å². The Balaban J connectivity index is 3.27. The molecule has 0 aromatic rings. The molecule has 0 radical (unpaired) electrons. The average Bonchev–Trinajstić information content (AvgIpc) is 2.26. The van der Waals surface area contributed by atoms with E-state index >= 15 is 0 Å². The number of carbonyl (C=O) groups is 1. The number of hydrogen-bond acceptors (Lipinski definition) is 1. The highest BCUT2D eigenvalue weighted by Crippen LogP contribution is 2.24. The second-order valence-electron chi connectivity index (χ2n) is 5.46. The summed E-state index contributed by atoms with van der Waals surface area (Å²) in [7, 11) is 0. The monoisotopic (exact) mass is 262 g/mol. The predicted molar refractivity (Wildman–Crippen MR) is 73.7 cm³/mol. The van der Waals surface area contributed by atoms with Gasteiger partial charge < -0.3 is 5.11 Å². The van der Waals surface area contributed by atoms with Crippen molar-refractivity contribution in [1.29, 1.82) is 0 Å². The summed E-state index contributed by atoms with van der Waals surface area (Å²) in [6, 6.07) is 0. The zero-order valence-electron chi connectivity index (χ0n) is 11.3. The average molecular weight is 263 g/mol. The number of aliphatic carboxylic acids is 1. The largest absolute Gasteiger partial charge is 0.481 e. The Morgan fingerprint density at radius 3 is 1.76 bits per heavy atom. The van der Waals surface area contributed by atoms with Crippen molar-refractivity contribution >= 4 is 17.6 Å². The van der Waals surface area contributed by atoms with Gasteiger partial charge in [0.05, 0.1) is 5.41 Å². The Morgan fingerprint density at radius 2 is 1.35 bits per heavy atom. The second kappa shape index (κ2) is 9.76. The van der Waals surface area contributed by atoms with E-state index in [1.165, 1.54) is 32.1 Å². The molecule has 0 aliphatic carbocycles. The fourth-order valence-corrected chi connectivity index (χ4v) is 2.02. The molecule has 0 unspecified atom stereocenters. The SMILES string of the molecule is CC(C)(CCCCCCCCCCCl)C(=O)O. The molecule has 0 amide bonds. The number of alkyl halides is 1. The first-order valence-corrected chi connectivity index (χ1v) is 7.33. The fourth-order valence-electron chi connectivity index (χ4n) is 1.83. The number of carboxylic acid groups (broad SMARTS) is 1. The van der Waals surface area contributed by atoms with Crippen molar-refractivity contribution in [3.05, 3.63) is 0 Å². The summed E-state index contributed by atoms with van der Waals surface area (Å²) >= 11 is 5.60. The maximum absolute atomic E-state index is 10.9. The van der Waals surface area contributed by atoms with Crippen molar-refractivity contribution in [2.75, 3.05) is 5.88 Å². The second-order valence-corrected chi connectivity index (χ2v) is 5.83. The molecule has 0 rings (SSSR count). The molecule has 17 heavy (non-hydrogen) atoms. The van der Waals surface area contributed by atoms with E-state index < -0.39 is 11.4 Å². The molecule has 0 bridgehead atoms. The maximum atomic E-state index is 10.9. The number of rotatable bonds is 11. The third kappa shape index (κ3) is 9.46. The van der Waals surface area contributed by atoms with Crippen LogP contribution in [0.25, 0.3) is 0 Å². The minimum Gasteiger partial charge on any atom is -0.481 e. The van der Waals surface area contributed by atoms with E-state index in [2.05, 4.69) is 0 Å². The normalized spacial score (nSPS) is 11.7. The quantitative estimate of drug-likeness (QED) is 0.427. The van der Waals surface area contributed by atoms with Gasteiger partial charge in [0.15, 0.2) is 0 Å². The molecule has 0 saturated carbocycles. The summed E-state index contributed by atoms with van der Waals surface area (Å²) in [6.45, 7) is 3.61. The topological polar surface area (TPSA) is 37.3 Å². The van der Waals surface area contributed by atoms with Crippen molar-refractivity contribution in [1.82, 2.24) is 0 Å². The summed E-state index contributed by atoms with van der Waals surface area (Å²) in [6.07, 6.45) is 10.4. The summed E-state index contributed by atoms with van der Waals surface area (Å²) in [5.41, 5.74) is -0.555. The van der Waals surface area contributed by atoms with Gasteiger partial charge in [-0.15, -0.1) is 11.6 Å². The van der Waals surface area contributed by atoms with Crippen LogP contribution < -0.4 is 0 Å². The van der Waals surface area contributed by atoms with E-state index in [1.54, 1.807) is 0 Å². The van der Waals surface area contributed by atoms with E-state index in [-0.39, 0.29) is 0 Å². The molecule has 0 spiro atoms. The molecule has 3 heteroatoms. The highest BCUT2D eigenvalue weighted by molar-refractivity contribution is 6.17. The van der Waals surface area contributed by atoms with Gasteiger partial charge in [0, 0.05) is 5.88 Å². The lowest BCUT2D eigenvalue weighted by Crippen LogP contribution is -2.23. The summed E-state index contributed by atoms with van der Waals surface area (Å²) < 4.78 is 0. The van der Waals surface area contributed by atoms with Crippen LogP contribution in [0.15, 0.2) is 0 Å². The molecule has 0 fully saturated rings. The first kappa shape index (κ1) is 16.8. The lowest BCUT2D eigenvalue weighted by molar-refractivity contribution is -0.147. The smallest absolute Gasteiger partial charge is 0.309 e. The molecule has 0 aromatic carbocycles. The Kier molecular flexibility index (Phi) is 9.62. The van der Waals surface area contributed by atoms with Gasteiger partial charge in [0.1, 0.15) is 0 Å². The highest BCUT2D eigenvalue weighted by atomic mass is 35.5. The zero-order valence-corrected chi connectivity index (χ0v) is 12.1. The van der Waals surface area contributed by atoms with Crippen molar-refractivity contribution in [3.63, 3.8) is 0 Å². The lowest BCUT2D eigenvalue weighted by atomic mass is 9.87. The third-order valence-electron chi connectivity index (χ3n) is 3.26. The van der Waals surface area contributed by atoms with Gasteiger partial charge in [-0.1, -0.05) is 44.9 Å². The molecule has 0 aliphatic heterocycles. The van der Waals surface area contributed by atoms with Crippen LogP contribution in [0.5, 0.6) is 0 Å². The number of unbranched alkanes of at least 4 members (excludes halogenated alkanes) is 7. The Hall–Kier alpha value is -0.240. The minimum atomic E-state index is -0.682. The first-order valence-electron chi connectivity index (χ1n) is 6.80. The van der Waals surface area contributed by atoms with Crippen LogP contribution in [0.4, 0.5) is 0 Å². The van der Waals surface area contributed by atoms with Crippen LogP contribution in [0.3, 0.4) is 0 Å². The van der Waals surface area contributed by atoms with Crippen LogP contribution in [-0.2, 0) is 4.79 Å². The molecule has 2 nitrogen and oxygen atoms in total. The number of hydrogen-bond donors (Lipinski definition) is 1. The van der Waals surface area contributed by atoms with Gasteiger partial charge in [0.25, 0.3) is 0 Å². The third-order valence-corrected chi connectivity index (χ3v) is 3.53. The molecule has 0 saturated heterocycles. The van der Waals surface area contributed by atoms with Gasteiger partial charge in [-0.2, -0.15) is 0 Å². The van der Waals surface area contributed by atoms with Crippen molar-refractivity contribution in [3.8, 4) is 0 Å². The van der Waals surface area contributed by atoms with Crippen molar-refractivity contribution in [2.24, 2.45) is 5.41 Å². The summed E-state index contributed by atoms with van der Waals surface area (Å²) in [5, 5.41) is 8.95. The molecule has 1 N–H and O–H groups in total. The Bertz CT molecular complexity index is 202. The van der Waals surface area contributed by atoms with Gasteiger partial charge in [0.2, 0.25) is 0 Å². The van der Waals surface area contributed by atoms with Crippen LogP contribution in [0.1, 0.15) is 71.6 Å². The van der Waals surface area contributed by atoms with E-state index in [1.807, 2.05) is 13.8 Å². The molecule has 0 aromatic heterocycles. The van der Waals surface area contributed by atoms with Gasteiger partial charge in [-0.05, 0) is 26.7 Å². The van der Waals surface area contributed by atoms with Crippen LogP contribution in [0, 0.1) is 5.41 Å². The molecular weight excluding hydrogens is 236 g/mol. The van der Waals surface area contributed by atoms with Crippen LogP contribution in [0.2, 0.25) is 0 Å². The molecule has 0 aliphatic rings. The van der Waals surface area contributed by atoms with Crippen LogP contribution >= 0.6 is 11.6 Å². The minimum absolute atomic E-state index is 0.555. The molecule has 0 heterocycles. The maximum Gasteiger partial charge on any atom is 0.309 e. The zero-order chi connectivity index (χ0) is 13.1. The summed E-state index contributed by atoms with van der Waals surface area (Å²) in [5.74, 6) is 0.100.